The van der Waals surface area contributed by atoms with Gasteiger partial charge in [0.15, 0.2) is 16.6 Å². The molecule has 380 valence electrons. The molecule has 0 aliphatic carbocycles. The Labute approximate surface area is 384 Å². The summed E-state index contributed by atoms with van der Waals surface area (Å²) in [4.78, 5) is 41.0. The highest BCUT2D eigenvalue weighted by atomic mass is 28.4. The van der Waals surface area contributed by atoms with Crippen LogP contribution in [0.1, 0.15) is 116 Å². The first kappa shape index (κ1) is 93.8. The van der Waals surface area contributed by atoms with Crippen molar-refractivity contribution < 1.29 is 61.7 Å². The van der Waals surface area contributed by atoms with Crippen molar-refractivity contribution in [3.05, 3.63) is 51.6 Å². The quantitative estimate of drug-likeness (QED) is 0.0184. The van der Waals surface area contributed by atoms with Gasteiger partial charge in [0, 0.05) is 12.2 Å². The largest absolute Gasteiger partial charge is 0.414 e. The van der Waals surface area contributed by atoms with E-state index in [1.165, 1.54) is 0 Å². The van der Waals surface area contributed by atoms with Gasteiger partial charge in [-0.25, -0.2) is 9.59 Å². The number of carbonyl (C=O) groups excluding carboxylic acids is 2. The minimum Gasteiger partial charge on any atom is -0.414 e. The summed E-state index contributed by atoms with van der Waals surface area (Å²) in [6, 6.07) is 0. The molecular formula is C46H110O13Si2. The fraction of sp³-hybridized carbons (Fsp3) is 0.783. The average Bonchev–Trinajstić information content (AvgIpc) is 3.07. The minimum absolute atomic E-state index is 0. The lowest BCUT2D eigenvalue weighted by Crippen LogP contribution is -2.42. The van der Waals surface area contributed by atoms with Crippen molar-refractivity contribution in [3.63, 3.8) is 0 Å². The SMILES string of the molecule is C.C.C.C.C.C.C.C.C.C.C=C.C=C.C=CC(=O)OOCC(COOC(=O)C=C)OCCOCCOC(COCCO[Si](C)(C)C(C)(C)C)COCCO[Si](C)(C)C(C)(C)C. The maximum atomic E-state index is 11.2. The molecule has 13 nitrogen and oxygen atoms in total. The molecule has 61 heavy (non-hydrogen) atoms. The summed E-state index contributed by atoms with van der Waals surface area (Å²) in [7, 11) is -3.69. The Morgan fingerprint density at radius 1 is 0.459 bits per heavy atom. The summed E-state index contributed by atoms with van der Waals surface area (Å²) in [6.45, 7) is 44.0. The van der Waals surface area contributed by atoms with E-state index >= 15 is 0 Å². The average molecular weight is 928 g/mol. The first-order valence-corrected chi connectivity index (χ1v) is 22.8. The van der Waals surface area contributed by atoms with Crippen molar-refractivity contribution in [1.82, 2.24) is 0 Å². The first-order valence-electron chi connectivity index (χ1n) is 17.0. The maximum Gasteiger partial charge on any atom is 0.365 e. The number of carbonyl (C=O) groups is 2. The zero-order valence-corrected chi connectivity index (χ0v) is 35.3. The fourth-order valence-electron chi connectivity index (χ4n) is 2.92. The normalized spacial score (nSPS) is 10.0. The molecule has 0 aliphatic heterocycles. The summed E-state index contributed by atoms with van der Waals surface area (Å²) >= 11 is 0. The lowest BCUT2D eigenvalue weighted by Gasteiger charge is -2.36. The van der Waals surface area contributed by atoms with Crippen LogP contribution in [0.15, 0.2) is 51.6 Å². The standard InChI is InChI=1S/C32H62O13Si2.2C2H4.10CH4/c1-13-29(33)44-40-25-28(26-41-45-30(34)14-2)39-20-16-35-15-19-38-27(23-36-17-21-42-46(9,10)31(3,4)5)24-37-18-22-43-47(11,12)32(6,7)8;2*1-2;;;;;;;;;;/h13-14,27-28H,1-2,15-26H2,3-12H3;2*1-2H2;10*1H4. The van der Waals surface area contributed by atoms with Crippen molar-refractivity contribution in [3.8, 4) is 0 Å². The van der Waals surface area contributed by atoms with Gasteiger partial charge in [-0.3, -0.25) is 9.78 Å². The third kappa shape index (κ3) is 50.5. The van der Waals surface area contributed by atoms with E-state index in [1.807, 2.05) is 0 Å². The van der Waals surface area contributed by atoms with Crippen molar-refractivity contribution >= 4 is 28.6 Å². The van der Waals surface area contributed by atoms with E-state index in [9.17, 15) is 9.59 Å². The molecule has 0 saturated heterocycles. The number of hydrogen-bond donors (Lipinski definition) is 0. The van der Waals surface area contributed by atoms with E-state index < -0.39 is 34.7 Å². The molecular weight excluding hydrogens is 817 g/mol. The number of ether oxygens (including phenoxy) is 5. The zero-order valence-electron chi connectivity index (χ0n) is 33.3. The Kier molecular flexibility index (Phi) is 83.2. The van der Waals surface area contributed by atoms with E-state index in [1.54, 1.807) is 0 Å². The molecule has 0 heterocycles. The van der Waals surface area contributed by atoms with Crippen LogP contribution in [-0.4, -0.2) is 120 Å². The topological polar surface area (TPSA) is 136 Å². The van der Waals surface area contributed by atoms with Gasteiger partial charge in [0.05, 0.1) is 66.1 Å². The van der Waals surface area contributed by atoms with Crippen molar-refractivity contribution in [2.24, 2.45) is 0 Å². The zero-order chi connectivity index (χ0) is 40.0. The first-order chi connectivity index (χ1) is 23.9. The summed E-state index contributed by atoms with van der Waals surface area (Å²) in [6.07, 6.45) is 0.870. The van der Waals surface area contributed by atoms with Crippen molar-refractivity contribution in [1.29, 1.82) is 0 Å². The van der Waals surface area contributed by atoms with Gasteiger partial charge in [0.25, 0.3) is 0 Å². The van der Waals surface area contributed by atoms with Crippen LogP contribution in [0.2, 0.25) is 36.3 Å². The second kappa shape index (κ2) is 54.1. The van der Waals surface area contributed by atoms with Gasteiger partial charge < -0.3 is 32.5 Å². The Morgan fingerprint density at radius 2 is 0.721 bits per heavy atom. The molecule has 0 fully saturated rings. The Bertz CT molecular complexity index is 858. The van der Waals surface area contributed by atoms with Crippen LogP contribution >= 0.6 is 0 Å². The Balaban J connectivity index is -0.000000145. The van der Waals surface area contributed by atoms with E-state index in [0.29, 0.717) is 52.9 Å². The summed E-state index contributed by atoms with van der Waals surface area (Å²) < 4.78 is 41.5. The molecule has 0 radical (unpaired) electrons. The van der Waals surface area contributed by atoms with E-state index in [4.69, 9.17) is 42.3 Å². The monoisotopic (exact) mass is 927 g/mol. The predicted octanol–water partition coefficient (Wildman–Crippen LogP) is 13.1. The van der Waals surface area contributed by atoms with Gasteiger partial charge >= 0.3 is 11.9 Å². The van der Waals surface area contributed by atoms with Gasteiger partial charge in [-0.15, -0.1) is 26.3 Å². The molecule has 0 amide bonds. The highest BCUT2D eigenvalue weighted by molar-refractivity contribution is 6.74. The highest BCUT2D eigenvalue weighted by Gasteiger charge is 2.37. The second-order valence-corrected chi connectivity index (χ2v) is 23.4. The smallest absolute Gasteiger partial charge is 0.365 e. The van der Waals surface area contributed by atoms with Gasteiger partial charge in [0.2, 0.25) is 0 Å². The van der Waals surface area contributed by atoms with Gasteiger partial charge in [0.1, 0.15) is 25.4 Å². The third-order valence-corrected chi connectivity index (χ3v) is 17.0. The van der Waals surface area contributed by atoms with Crippen LogP contribution < -0.4 is 0 Å². The van der Waals surface area contributed by atoms with Crippen LogP contribution in [0.5, 0.6) is 0 Å². The molecule has 0 aromatic heterocycles. The molecule has 0 aromatic rings. The minimum atomic E-state index is -1.85. The van der Waals surface area contributed by atoms with Crippen LogP contribution in [0.3, 0.4) is 0 Å². The van der Waals surface area contributed by atoms with Crippen LogP contribution in [-0.2, 0) is 61.7 Å². The van der Waals surface area contributed by atoms with E-state index in [0.717, 1.165) is 12.2 Å². The van der Waals surface area contributed by atoms with Crippen LogP contribution in [0.4, 0.5) is 0 Å². The third-order valence-electron chi connectivity index (χ3n) is 7.89. The molecule has 15 heteroatoms. The van der Waals surface area contributed by atoms with Gasteiger partial charge in [-0.05, 0) is 36.3 Å². The van der Waals surface area contributed by atoms with Crippen LogP contribution in [0.25, 0.3) is 0 Å². The Morgan fingerprint density at radius 3 is 0.984 bits per heavy atom. The molecule has 0 aromatic carbocycles. The second-order valence-electron chi connectivity index (χ2n) is 13.7. The lowest BCUT2D eigenvalue weighted by molar-refractivity contribution is -0.305. The number of hydrogen-bond acceptors (Lipinski definition) is 13. The maximum absolute atomic E-state index is 11.2. The van der Waals surface area contributed by atoms with E-state index in [-0.39, 0.29) is 117 Å². The number of rotatable bonds is 28. The molecule has 0 rings (SSSR count). The summed E-state index contributed by atoms with van der Waals surface area (Å²) in [5.41, 5.74) is 0. The molecule has 0 N–H and O–H groups in total. The molecule has 0 bridgehead atoms. The molecule has 0 saturated carbocycles. The van der Waals surface area contributed by atoms with Gasteiger partial charge in [-0.2, -0.15) is 9.78 Å². The molecule has 0 atom stereocenters. The molecule has 0 aliphatic rings. The Hall–Kier alpha value is -2.03. The lowest BCUT2D eigenvalue weighted by atomic mass is 10.2. The van der Waals surface area contributed by atoms with Crippen LogP contribution in [0, 0.1) is 0 Å². The van der Waals surface area contributed by atoms with Gasteiger partial charge in [-0.1, -0.05) is 129 Å². The molecule has 0 unspecified atom stereocenters. The van der Waals surface area contributed by atoms with Crippen molar-refractivity contribution in [2.75, 3.05) is 79.3 Å². The van der Waals surface area contributed by atoms with E-state index in [2.05, 4.69) is 117 Å². The molecule has 0 spiro atoms. The summed E-state index contributed by atoms with van der Waals surface area (Å²) in [5.74, 6) is -1.53. The predicted molar refractivity (Wildman–Crippen MR) is 273 cm³/mol. The van der Waals surface area contributed by atoms with Crippen molar-refractivity contribution in [2.45, 2.75) is 164 Å². The highest BCUT2D eigenvalue weighted by Crippen LogP contribution is 2.37. The fourth-order valence-corrected chi connectivity index (χ4v) is 4.97. The summed E-state index contributed by atoms with van der Waals surface area (Å²) in [5, 5.41) is 0.264.